The number of hydrogen-bond acceptors (Lipinski definition) is 3. The largest absolute Gasteiger partial charge is 0.393 e. The zero-order chi connectivity index (χ0) is 27.9. The molecule has 39 heavy (non-hydrogen) atoms. The third-order valence-electron chi connectivity index (χ3n) is 11.0. The van der Waals surface area contributed by atoms with Crippen molar-refractivity contribution in [1.29, 1.82) is 0 Å². The summed E-state index contributed by atoms with van der Waals surface area (Å²) in [5.74, 6) is 1.66. The fourth-order valence-electron chi connectivity index (χ4n) is 8.27. The van der Waals surface area contributed by atoms with Crippen LogP contribution in [0.2, 0.25) is 0 Å². The molecular weight excluding hydrogens is 480 g/mol. The van der Waals surface area contributed by atoms with E-state index in [9.17, 15) is 15.3 Å². The van der Waals surface area contributed by atoms with Crippen molar-refractivity contribution in [2.75, 3.05) is 0 Å². The monoisotopic (exact) mass is 530 g/mol. The minimum Gasteiger partial charge on any atom is -0.393 e. The molecule has 0 saturated heterocycles. The van der Waals surface area contributed by atoms with E-state index in [1.54, 1.807) is 0 Å². The molecule has 212 valence electrons. The summed E-state index contributed by atoms with van der Waals surface area (Å²) in [5.41, 5.74) is 7.59. The van der Waals surface area contributed by atoms with Crippen molar-refractivity contribution in [1.82, 2.24) is 0 Å². The van der Waals surface area contributed by atoms with Gasteiger partial charge in [-0.05, 0) is 110 Å². The Kier molecular flexibility index (Phi) is 8.17. The number of fused-ring (bicyclic) bond motifs is 1. The lowest BCUT2D eigenvalue weighted by Gasteiger charge is -2.43. The van der Waals surface area contributed by atoms with Crippen LogP contribution in [0.15, 0.2) is 71.4 Å². The Morgan fingerprint density at radius 2 is 1.79 bits per heavy atom. The van der Waals surface area contributed by atoms with Crippen LogP contribution < -0.4 is 0 Å². The Balaban J connectivity index is 1.27. The first kappa shape index (κ1) is 28.6. The first-order valence-electron chi connectivity index (χ1n) is 15.4. The smallest absolute Gasteiger partial charge is 0.0811 e. The summed E-state index contributed by atoms with van der Waals surface area (Å²) in [6, 6.07) is 8.98. The van der Waals surface area contributed by atoms with Crippen molar-refractivity contribution < 1.29 is 15.3 Å². The molecule has 4 fully saturated rings. The van der Waals surface area contributed by atoms with Crippen molar-refractivity contribution in [3.63, 3.8) is 0 Å². The summed E-state index contributed by atoms with van der Waals surface area (Å²) < 4.78 is 0. The van der Waals surface area contributed by atoms with Crippen molar-refractivity contribution in [3.05, 3.63) is 82.5 Å². The molecule has 3 N–H and O–H groups in total. The second-order valence-electron chi connectivity index (χ2n) is 13.7. The SMILES string of the molecule is C=C1/C(=C\C=C2/CCC[C@]3(C)[C@@H](/C(C)=C\C[C@@H](O)C4(c5ccc(C(C)C)cc5)CC4)CC[C@@H]23)C[C@@H](O)C[C@@H]1O. The third-order valence-corrected chi connectivity index (χ3v) is 11.0. The van der Waals surface area contributed by atoms with Gasteiger partial charge in [0, 0.05) is 11.8 Å². The first-order chi connectivity index (χ1) is 18.5. The predicted octanol–water partition coefficient (Wildman–Crippen LogP) is 7.68. The molecule has 6 atom stereocenters. The minimum absolute atomic E-state index is 0.0626. The molecular formula is C36H50O3. The van der Waals surface area contributed by atoms with Crippen LogP contribution >= 0.6 is 0 Å². The fourth-order valence-corrected chi connectivity index (χ4v) is 8.27. The molecule has 0 unspecified atom stereocenters. The van der Waals surface area contributed by atoms with Gasteiger partial charge in [0.15, 0.2) is 0 Å². The average Bonchev–Trinajstić information content (AvgIpc) is 3.64. The molecule has 4 saturated carbocycles. The summed E-state index contributed by atoms with van der Waals surface area (Å²) in [4.78, 5) is 0. The van der Waals surface area contributed by atoms with Crippen LogP contribution in [0.3, 0.4) is 0 Å². The van der Waals surface area contributed by atoms with Gasteiger partial charge < -0.3 is 15.3 Å². The number of benzene rings is 1. The maximum absolute atomic E-state index is 11.4. The van der Waals surface area contributed by atoms with Crippen LogP contribution in [-0.2, 0) is 5.41 Å². The zero-order valence-corrected chi connectivity index (χ0v) is 24.6. The Morgan fingerprint density at radius 1 is 1.08 bits per heavy atom. The van der Waals surface area contributed by atoms with Crippen LogP contribution in [0.5, 0.6) is 0 Å². The highest BCUT2D eigenvalue weighted by Gasteiger charge is 2.51. The van der Waals surface area contributed by atoms with Gasteiger partial charge in [0.25, 0.3) is 0 Å². The molecule has 5 rings (SSSR count). The average molecular weight is 531 g/mol. The van der Waals surface area contributed by atoms with Gasteiger partial charge in [0.05, 0.1) is 18.3 Å². The molecule has 0 heterocycles. The Hall–Kier alpha value is -1.94. The van der Waals surface area contributed by atoms with Crippen LogP contribution in [0.25, 0.3) is 0 Å². The third kappa shape index (κ3) is 5.52. The van der Waals surface area contributed by atoms with Crippen LogP contribution in [-0.4, -0.2) is 33.6 Å². The van der Waals surface area contributed by atoms with Gasteiger partial charge in [0.2, 0.25) is 0 Å². The molecule has 0 amide bonds. The van der Waals surface area contributed by atoms with Gasteiger partial charge in [-0.1, -0.05) is 81.0 Å². The van der Waals surface area contributed by atoms with E-state index >= 15 is 0 Å². The van der Waals surface area contributed by atoms with E-state index in [4.69, 9.17) is 0 Å². The van der Waals surface area contributed by atoms with Gasteiger partial charge in [-0.2, -0.15) is 0 Å². The zero-order valence-electron chi connectivity index (χ0n) is 24.6. The van der Waals surface area contributed by atoms with Gasteiger partial charge in [0.1, 0.15) is 0 Å². The lowest BCUT2D eigenvalue weighted by molar-refractivity contribution is 0.0862. The lowest BCUT2D eigenvalue weighted by atomic mass is 9.62. The van der Waals surface area contributed by atoms with Gasteiger partial charge in [-0.15, -0.1) is 0 Å². The Labute approximate surface area is 236 Å². The molecule has 3 heteroatoms. The number of rotatable bonds is 7. The minimum atomic E-state index is -0.636. The van der Waals surface area contributed by atoms with Crippen molar-refractivity contribution in [2.45, 2.75) is 122 Å². The van der Waals surface area contributed by atoms with Crippen molar-refractivity contribution in [2.24, 2.45) is 17.3 Å². The summed E-state index contributed by atoms with van der Waals surface area (Å²) >= 11 is 0. The molecule has 0 spiro atoms. The molecule has 0 aromatic heterocycles. The first-order valence-corrected chi connectivity index (χ1v) is 15.4. The highest BCUT2D eigenvalue weighted by Crippen LogP contribution is 2.59. The van der Waals surface area contributed by atoms with Crippen LogP contribution in [0, 0.1) is 17.3 Å². The molecule has 0 bridgehead atoms. The number of allylic oxidation sites excluding steroid dienone is 4. The van der Waals surface area contributed by atoms with Crippen molar-refractivity contribution >= 4 is 0 Å². The lowest BCUT2D eigenvalue weighted by Crippen LogP contribution is -2.34. The van der Waals surface area contributed by atoms with Crippen LogP contribution in [0.4, 0.5) is 0 Å². The quantitative estimate of drug-likeness (QED) is 0.317. The summed E-state index contributed by atoms with van der Waals surface area (Å²) in [6.45, 7) is 13.3. The molecule has 1 aromatic carbocycles. The van der Waals surface area contributed by atoms with Gasteiger partial charge >= 0.3 is 0 Å². The normalized spacial score (nSPS) is 35.5. The van der Waals surface area contributed by atoms with E-state index in [2.05, 4.69) is 76.8 Å². The number of aliphatic hydroxyl groups excluding tert-OH is 3. The van der Waals surface area contributed by atoms with E-state index in [1.807, 2.05) is 0 Å². The molecule has 0 aliphatic heterocycles. The van der Waals surface area contributed by atoms with E-state index in [1.165, 1.54) is 48.0 Å². The van der Waals surface area contributed by atoms with Gasteiger partial charge in [-0.25, -0.2) is 0 Å². The molecule has 4 aliphatic carbocycles. The Bertz CT molecular complexity index is 1150. The second-order valence-corrected chi connectivity index (χ2v) is 13.7. The highest BCUT2D eigenvalue weighted by molar-refractivity contribution is 5.39. The van der Waals surface area contributed by atoms with E-state index in [0.29, 0.717) is 30.6 Å². The van der Waals surface area contributed by atoms with Crippen LogP contribution in [0.1, 0.15) is 109 Å². The molecule has 3 nitrogen and oxygen atoms in total. The van der Waals surface area contributed by atoms with Crippen molar-refractivity contribution in [3.8, 4) is 0 Å². The summed E-state index contributed by atoms with van der Waals surface area (Å²) in [7, 11) is 0. The second kappa shape index (κ2) is 11.1. The number of aliphatic hydroxyl groups is 3. The summed E-state index contributed by atoms with van der Waals surface area (Å²) in [6.07, 6.45) is 15.2. The van der Waals surface area contributed by atoms with Gasteiger partial charge in [-0.3, -0.25) is 0 Å². The van der Waals surface area contributed by atoms with E-state index in [0.717, 1.165) is 36.8 Å². The number of hydrogen-bond donors (Lipinski definition) is 3. The predicted molar refractivity (Wildman–Crippen MR) is 161 cm³/mol. The maximum atomic E-state index is 11.4. The standard InChI is InChI=1S/C36H50O3/c1-23(2)26-11-13-29(14-12-26)36(19-20-36)34(39)17-8-24(3)31-15-16-32-27(7-6-18-35(31,32)5)9-10-28-21-30(37)22-33(38)25(28)4/h8-14,23,30-34,37-39H,4,6-7,15-22H2,1-3,5H3/b24-8-,27-9+,28-10-/t30-,31-,32+,33+,34-,35-/m1/s1. The fraction of sp³-hybridized carbons (Fsp3) is 0.611. The maximum Gasteiger partial charge on any atom is 0.0811 e. The van der Waals surface area contributed by atoms with E-state index in [-0.39, 0.29) is 16.9 Å². The Morgan fingerprint density at radius 3 is 2.46 bits per heavy atom. The van der Waals surface area contributed by atoms with E-state index < -0.39 is 12.2 Å². The summed E-state index contributed by atoms with van der Waals surface area (Å²) in [5, 5.41) is 31.7. The molecule has 0 radical (unpaired) electrons. The topological polar surface area (TPSA) is 60.7 Å². The molecule has 4 aliphatic rings. The highest BCUT2D eigenvalue weighted by atomic mass is 16.3. The molecule has 1 aromatic rings.